The van der Waals surface area contributed by atoms with Crippen molar-refractivity contribution in [1.82, 2.24) is 9.88 Å². The minimum Gasteiger partial charge on any atom is -0.489 e. The molecule has 4 rings (SSSR count). The molecule has 3 atom stereocenters. The second kappa shape index (κ2) is 7.72. The summed E-state index contributed by atoms with van der Waals surface area (Å²) in [6, 6.07) is 12.8. The summed E-state index contributed by atoms with van der Waals surface area (Å²) >= 11 is 8.41. The summed E-state index contributed by atoms with van der Waals surface area (Å²) in [4.78, 5) is 12.1. The predicted octanol–water partition coefficient (Wildman–Crippen LogP) is 5.50. The van der Waals surface area contributed by atoms with Crippen molar-refractivity contribution >= 4 is 28.5 Å². The average Bonchev–Trinajstić information content (AvgIpc) is 3.22. The fraction of sp³-hybridized carbons (Fsp3) is 0.429. The van der Waals surface area contributed by atoms with E-state index in [0.717, 1.165) is 34.3 Å². The van der Waals surface area contributed by atoms with Crippen molar-refractivity contribution < 1.29 is 4.74 Å². The topological polar surface area (TPSA) is 37.7 Å². The van der Waals surface area contributed by atoms with Crippen molar-refractivity contribution in [2.75, 3.05) is 5.75 Å². The standard InChI is InChI=1S/C21H24ClN3OS/c1-4-15-12-27-21-24-19(17-7-5-6-10-23-17)20(25(15)21)14-8-9-18(16(22)11-14)26-13(2)3/h5-11,13,15,19-20H,4,12H2,1-3H3/t15-,19-,20-/m1/s1. The highest BCUT2D eigenvalue weighted by Crippen LogP contribution is 2.49. The van der Waals surface area contributed by atoms with Gasteiger partial charge in [-0.1, -0.05) is 42.4 Å². The molecule has 0 unspecified atom stereocenters. The Morgan fingerprint density at radius 3 is 2.81 bits per heavy atom. The van der Waals surface area contributed by atoms with E-state index in [1.165, 1.54) is 0 Å². The van der Waals surface area contributed by atoms with Gasteiger partial charge in [0.25, 0.3) is 0 Å². The van der Waals surface area contributed by atoms with Gasteiger partial charge in [0.2, 0.25) is 0 Å². The number of rotatable bonds is 5. The van der Waals surface area contributed by atoms with Crippen molar-refractivity contribution in [1.29, 1.82) is 0 Å². The van der Waals surface area contributed by atoms with Crippen LogP contribution in [0.3, 0.4) is 0 Å². The van der Waals surface area contributed by atoms with Gasteiger partial charge in [0.1, 0.15) is 11.8 Å². The summed E-state index contributed by atoms with van der Waals surface area (Å²) < 4.78 is 5.81. The van der Waals surface area contributed by atoms with E-state index in [1.54, 1.807) is 0 Å². The Balaban J connectivity index is 1.74. The normalized spacial score (nSPS) is 24.3. The van der Waals surface area contributed by atoms with Crippen molar-refractivity contribution in [3.05, 3.63) is 58.9 Å². The van der Waals surface area contributed by atoms with Crippen LogP contribution in [-0.2, 0) is 0 Å². The number of amidine groups is 1. The summed E-state index contributed by atoms with van der Waals surface area (Å²) in [5.74, 6) is 1.81. The fourth-order valence-electron chi connectivity index (χ4n) is 3.76. The maximum Gasteiger partial charge on any atom is 0.160 e. The van der Waals surface area contributed by atoms with Gasteiger partial charge in [0.15, 0.2) is 5.17 Å². The number of hydrogen-bond acceptors (Lipinski definition) is 5. The van der Waals surface area contributed by atoms with Crippen LogP contribution in [0.1, 0.15) is 50.5 Å². The summed E-state index contributed by atoms with van der Waals surface area (Å²) in [5, 5.41) is 1.77. The van der Waals surface area contributed by atoms with E-state index in [4.69, 9.17) is 21.3 Å². The third-order valence-electron chi connectivity index (χ3n) is 4.99. The third-order valence-corrected chi connectivity index (χ3v) is 6.41. The first kappa shape index (κ1) is 18.6. The molecule has 1 saturated heterocycles. The molecule has 0 aliphatic carbocycles. The number of halogens is 1. The molecule has 0 N–H and O–H groups in total. The molecule has 4 nitrogen and oxygen atoms in total. The van der Waals surface area contributed by atoms with Gasteiger partial charge >= 0.3 is 0 Å². The van der Waals surface area contributed by atoms with Gasteiger partial charge in [0.05, 0.1) is 22.9 Å². The third kappa shape index (κ3) is 3.55. The van der Waals surface area contributed by atoms with E-state index >= 15 is 0 Å². The Morgan fingerprint density at radius 1 is 1.30 bits per heavy atom. The molecule has 0 bridgehead atoms. The molecule has 27 heavy (non-hydrogen) atoms. The average molecular weight is 402 g/mol. The molecule has 2 aliphatic rings. The molecule has 2 aromatic rings. The van der Waals surface area contributed by atoms with E-state index in [-0.39, 0.29) is 18.2 Å². The summed E-state index contributed by atoms with van der Waals surface area (Å²) in [7, 11) is 0. The molecule has 1 aromatic carbocycles. The molecule has 3 heterocycles. The number of thioether (sulfide) groups is 1. The summed E-state index contributed by atoms with van der Waals surface area (Å²) in [6.07, 6.45) is 3.03. The number of ether oxygens (including phenoxy) is 1. The van der Waals surface area contributed by atoms with Crippen molar-refractivity contribution in [3.63, 3.8) is 0 Å². The molecule has 142 valence electrons. The highest BCUT2D eigenvalue weighted by Gasteiger charge is 2.45. The number of aromatic nitrogens is 1. The zero-order valence-electron chi connectivity index (χ0n) is 15.8. The van der Waals surface area contributed by atoms with Crippen LogP contribution in [0.15, 0.2) is 47.6 Å². The molecule has 0 radical (unpaired) electrons. The van der Waals surface area contributed by atoms with E-state index in [2.05, 4.69) is 28.9 Å². The molecule has 0 amide bonds. The van der Waals surface area contributed by atoms with E-state index in [1.807, 2.05) is 56.1 Å². The molecule has 0 spiro atoms. The molecular weight excluding hydrogens is 378 g/mol. The second-order valence-electron chi connectivity index (χ2n) is 7.19. The largest absolute Gasteiger partial charge is 0.489 e. The number of pyridine rings is 1. The van der Waals surface area contributed by atoms with Crippen LogP contribution < -0.4 is 4.74 Å². The molecule has 1 fully saturated rings. The van der Waals surface area contributed by atoms with Crippen molar-refractivity contribution in [2.45, 2.75) is 51.4 Å². The Kier molecular flexibility index (Phi) is 5.33. The number of fused-ring (bicyclic) bond motifs is 1. The van der Waals surface area contributed by atoms with Gasteiger partial charge < -0.3 is 9.64 Å². The van der Waals surface area contributed by atoms with Crippen LogP contribution in [0.5, 0.6) is 5.75 Å². The van der Waals surface area contributed by atoms with E-state index in [9.17, 15) is 0 Å². The van der Waals surface area contributed by atoms with Gasteiger partial charge in [-0.2, -0.15) is 0 Å². The number of nitrogens with zero attached hydrogens (tertiary/aromatic N) is 3. The summed E-state index contributed by atoms with van der Waals surface area (Å²) in [6.45, 7) is 6.25. The first-order valence-corrected chi connectivity index (χ1v) is 10.8. The van der Waals surface area contributed by atoms with Gasteiger partial charge in [0, 0.05) is 18.0 Å². The summed E-state index contributed by atoms with van der Waals surface area (Å²) in [5.41, 5.74) is 2.16. The number of hydrogen-bond donors (Lipinski definition) is 0. The smallest absolute Gasteiger partial charge is 0.160 e. The lowest BCUT2D eigenvalue weighted by Gasteiger charge is -2.32. The molecule has 0 saturated carbocycles. The van der Waals surface area contributed by atoms with Crippen molar-refractivity contribution in [2.24, 2.45) is 4.99 Å². The number of benzene rings is 1. The zero-order chi connectivity index (χ0) is 19.0. The maximum atomic E-state index is 6.56. The first-order valence-electron chi connectivity index (χ1n) is 9.44. The quantitative estimate of drug-likeness (QED) is 0.662. The predicted molar refractivity (Wildman–Crippen MR) is 113 cm³/mol. The molecular formula is C21H24ClN3OS. The maximum absolute atomic E-state index is 6.56. The lowest BCUT2D eigenvalue weighted by atomic mass is 9.95. The van der Waals surface area contributed by atoms with Crippen LogP contribution in [0.25, 0.3) is 0 Å². The van der Waals surface area contributed by atoms with Gasteiger partial charge in [-0.15, -0.1) is 0 Å². The minimum atomic E-state index is -0.0176. The molecule has 2 aliphatic heterocycles. The van der Waals surface area contributed by atoms with Gasteiger partial charge in [-0.25, -0.2) is 0 Å². The minimum absolute atomic E-state index is 0.0176. The lowest BCUT2D eigenvalue weighted by Crippen LogP contribution is -2.35. The fourth-order valence-corrected chi connectivity index (χ4v) is 5.33. The Labute approximate surface area is 170 Å². The molecule has 6 heteroatoms. The zero-order valence-corrected chi connectivity index (χ0v) is 17.4. The van der Waals surface area contributed by atoms with Crippen LogP contribution in [0.4, 0.5) is 0 Å². The highest BCUT2D eigenvalue weighted by atomic mass is 35.5. The molecule has 1 aromatic heterocycles. The SMILES string of the molecule is CC[C@@H]1CSC2=N[C@H](c3ccccn3)[C@@H](c3ccc(OC(C)C)c(Cl)c3)N21. The van der Waals surface area contributed by atoms with Crippen molar-refractivity contribution in [3.8, 4) is 5.75 Å². The Hall–Kier alpha value is -1.72. The Bertz CT molecular complexity index is 843. The number of aliphatic imine (C=N–C) groups is 1. The van der Waals surface area contributed by atoms with Gasteiger partial charge in [-0.3, -0.25) is 9.98 Å². The highest BCUT2D eigenvalue weighted by molar-refractivity contribution is 8.14. The monoisotopic (exact) mass is 401 g/mol. The van der Waals surface area contributed by atoms with Crippen LogP contribution >= 0.6 is 23.4 Å². The van der Waals surface area contributed by atoms with E-state index in [0.29, 0.717) is 11.1 Å². The second-order valence-corrected chi connectivity index (χ2v) is 8.59. The van der Waals surface area contributed by atoms with Crippen LogP contribution in [0, 0.1) is 0 Å². The van der Waals surface area contributed by atoms with E-state index < -0.39 is 0 Å². The lowest BCUT2D eigenvalue weighted by molar-refractivity contribution is 0.241. The first-order chi connectivity index (χ1) is 13.1. The van der Waals surface area contributed by atoms with Gasteiger partial charge in [-0.05, 0) is 50.1 Å². The van der Waals surface area contributed by atoms with Crippen LogP contribution in [-0.4, -0.2) is 33.0 Å². The van der Waals surface area contributed by atoms with Crippen LogP contribution in [0.2, 0.25) is 5.02 Å². The Morgan fingerprint density at radius 2 is 2.15 bits per heavy atom.